The van der Waals surface area contributed by atoms with Gasteiger partial charge in [-0.2, -0.15) is 0 Å². The Bertz CT molecular complexity index is 1090. The molecule has 0 unspecified atom stereocenters. The van der Waals surface area contributed by atoms with Crippen molar-refractivity contribution in [3.63, 3.8) is 0 Å². The highest BCUT2D eigenvalue weighted by molar-refractivity contribution is 5.75. The zero-order valence-electron chi connectivity index (χ0n) is 18.3. The third kappa shape index (κ3) is 5.46. The maximum Gasteiger partial charge on any atom is 0.147 e. The third-order valence-corrected chi connectivity index (χ3v) is 5.44. The van der Waals surface area contributed by atoms with Gasteiger partial charge in [0.2, 0.25) is 0 Å². The number of rotatable bonds is 10. The van der Waals surface area contributed by atoms with Crippen LogP contribution < -0.4 is 9.47 Å². The molecule has 4 heteroatoms. The monoisotopic (exact) mass is 414 g/mol. The number of nitrogens with zero attached hydrogens (tertiary/aromatic N) is 2. The van der Waals surface area contributed by atoms with Gasteiger partial charge in [0.15, 0.2) is 0 Å². The zero-order valence-corrected chi connectivity index (χ0v) is 18.3. The number of aryl methyl sites for hydroxylation is 1. The molecule has 0 saturated heterocycles. The summed E-state index contributed by atoms with van der Waals surface area (Å²) in [4.78, 5) is 4.80. The Morgan fingerprint density at radius 2 is 1.48 bits per heavy atom. The molecular formula is C27H30N2O2. The summed E-state index contributed by atoms with van der Waals surface area (Å²) in [6.07, 6.45) is 2.00. The van der Waals surface area contributed by atoms with Gasteiger partial charge in [0.25, 0.3) is 0 Å². The molecule has 0 aliphatic rings. The molecule has 4 aromatic rings. The van der Waals surface area contributed by atoms with Crippen molar-refractivity contribution in [3.05, 3.63) is 90.3 Å². The summed E-state index contributed by atoms with van der Waals surface area (Å²) in [6.45, 7) is 6.47. The van der Waals surface area contributed by atoms with E-state index in [4.69, 9.17) is 14.5 Å². The Balaban J connectivity index is 1.34. The van der Waals surface area contributed by atoms with E-state index in [1.165, 1.54) is 5.56 Å². The van der Waals surface area contributed by atoms with E-state index in [0.29, 0.717) is 19.1 Å². The van der Waals surface area contributed by atoms with Crippen molar-refractivity contribution >= 4 is 11.0 Å². The highest BCUT2D eigenvalue weighted by Crippen LogP contribution is 2.20. The van der Waals surface area contributed by atoms with Crippen molar-refractivity contribution in [3.8, 4) is 11.5 Å². The summed E-state index contributed by atoms with van der Waals surface area (Å²) in [6, 6.07) is 26.6. The fraction of sp³-hybridized carbons (Fsp3) is 0.296. The number of hydrogen-bond donors (Lipinski definition) is 0. The van der Waals surface area contributed by atoms with Gasteiger partial charge in [-0.05, 0) is 60.7 Å². The maximum atomic E-state index is 5.97. The van der Waals surface area contributed by atoms with Crippen molar-refractivity contribution in [1.29, 1.82) is 0 Å². The summed E-state index contributed by atoms with van der Waals surface area (Å²) in [7, 11) is 0. The van der Waals surface area contributed by atoms with Gasteiger partial charge in [0.1, 0.15) is 23.9 Å². The lowest BCUT2D eigenvalue weighted by molar-refractivity contribution is 0.285. The predicted molar refractivity (Wildman–Crippen MR) is 126 cm³/mol. The van der Waals surface area contributed by atoms with Crippen LogP contribution in [0, 0.1) is 0 Å². The molecule has 160 valence electrons. The van der Waals surface area contributed by atoms with Gasteiger partial charge in [-0.15, -0.1) is 0 Å². The molecule has 0 bridgehead atoms. The van der Waals surface area contributed by atoms with Crippen LogP contribution in [0.15, 0.2) is 78.9 Å². The SMILES string of the molecule is CC(C)c1ccc(OCCCCn2c(COc3ccccc3)nc3ccccc32)cc1. The van der Waals surface area contributed by atoms with Crippen molar-refractivity contribution in [2.75, 3.05) is 6.61 Å². The molecule has 0 radical (unpaired) electrons. The van der Waals surface area contributed by atoms with E-state index in [1.54, 1.807) is 0 Å². The summed E-state index contributed by atoms with van der Waals surface area (Å²) in [5.74, 6) is 3.29. The third-order valence-electron chi connectivity index (χ3n) is 5.44. The van der Waals surface area contributed by atoms with Gasteiger partial charge in [0, 0.05) is 6.54 Å². The zero-order chi connectivity index (χ0) is 21.5. The highest BCUT2D eigenvalue weighted by atomic mass is 16.5. The average molecular weight is 415 g/mol. The molecule has 0 atom stereocenters. The summed E-state index contributed by atoms with van der Waals surface area (Å²) in [5.41, 5.74) is 3.50. The molecule has 4 nitrogen and oxygen atoms in total. The lowest BCUT2D eigenvalue weighted by Gasteiger charge is -2.11. The quantitative estimate of drug-likeness (QED) is 0.274. The van der Waals surface area contributed by atoms with Crippen LogP contribution in [-0.4, -0.2) is 16.2 Å². The minimum atomic E-state index is 0.456. The van der Waals surface area contributed by atoms with E-state index in [-0.39, 0.29) is 0 Å². The molecule has 0 aliphatic carbocycles. The van der Waals surface area contributed by atoms with E-state index in [1.807, 2.05) is 36.4 Å². The molecule has 1 heterocycles. The smallest absolute Gasteiger partial charge is 0.147 e. The molecular weight excluding hydrogens is 384 g/mol. The summed E-state index contributed by atoms with van der Waals surface area (Å²) in [5, 5.41) is 0. The molecule has 4 rings (SSSR count). The largest absolute Gasteiger partial charge is 0.494 e. The fourth-order valence-electron chi connectivity index (χ4n) is 3.66. The number of fused-ring (bicyclic) bond motifs is 1. The van der Waals surface area contributed by atoms with E-state index < -0.39 is 0 Å². The topological polar surface area (TPSA) is 36.3 Å². The van der Waals surface area contributed by atoms with Gasteiger partial charge in [0.05, 0.1) is 17.6 Å². The molecule has 0 spiro atoms. The number of ether oxygens (including phenoxy) is 2. The minimum Gasteiger partial charge on any atom is -0.494 e. The van der Waals surface area contributed by atoms with E-state index in [9.17, 15) is 0 Å². The maximum absolute atomic E-state index is 5.97. The van der Waals surface area contributed by atoms with Gasteiger partial charge in [-0.3, -0.25) is 0 Å². The Morgan fingerprint density at radius 1 is 0.774 bits per heavy atom. The molecule has 0 amide bonds. The Morgan fingerprint density at radius 3 is 2.26 bits per heavy atom. The molecule has 0 fully saturated rings. The molecule has 0 N–H and O–H groups in total. The van der Waals surface area contributed by atoms with Crippen molar-refractivity contribution < 1.29 is 9.47 Å². The van der Waals surface area contributed by atoms with Crippen LogP contribution in [0.25, 0.3) is 11.0 Å². The first-order chi connectivity index (χ1) is 15.2. The van der Waals surface area contributed by atoms with Crippen LogP contribution >= 0.6 is 0 Å². The highest BCUT2D eigenvalue weighted by Gasteiger charge is 2.11. The van der Waals surface area contributed by atoms with E-state index in [0.717, 1.165) is 47.7 Å². The van der Waals surface area contributed by atoms with Crippen LogP contribution in [0.4, 0.5) is 0 Å². The van der Waals surface area contributed by atoms with E-state index in [2.05, 4.69) is 60.9 Å². The van der Waals surface area contributed by atoms with Gasteiger partial charge >= 0.3 is 0 Å². The van der Waals surface area contributed by atoms with Crippen molar-refractivity contribution in [2.24, 2.45) is 0 Å². The first-order valence-corrected chi connectivity index (χ1v) is 11.1. The summed E-state index contributed by atoms with van der Waals surface area (Å²) < 4.78 is 14.2. The lowest BCUT2D eigenvalue weighted by atomic mass is 10.0. The summed E-state index contributed by atoms with van der Waals surface area (Å²) >= 11 is 0. The molecule has 1 aromatic heterocycles. The predicted octanol–water partition coefficient (Wildman–Crippen LogP) is 6.60. The molecule has 3 aromatic carbocycles. The fourth-order valence-corrected chi connectivity index (χ4v) is 3.66. The minimum absolute atomic E-state index is 0.456. The van der Waals surface area contributed by atoms with Gasteiger partial charge < -0.3 is 14.0 Å². The Kier molecular flexibility index (Phi) is 6.88. The average Bonchev–Trinajstić information content (AvgIpc) is 3.16. The van der Waals surface area contributed by atoms with Crippen LogP contribution in [0.1, 0.15) is 44.0 Å². The first kappa shape index (κ1) is 21.0. The van der Waals surface area contributed by atoms with E-state index >= 15 is 0 Å². The number of aromatic nitrogens is 2. The van der Waals surface area contributed by atoms with Crippen LogP contribution in [0.5, 0.6) is 11.5 Å². The number of para-hydroxylation sites is 3. The normalized spacial score (nSPS) is 11.2. The lowest BCUT2D eigenvalue weighted by Crippen LogP contribution is -2.08. The van der Waals surface area contributed by atoms with Gasteiger partial charge in [-0.1, -0.05) is 56.3 Å². The second-order valence-electron chi connectivity index (χ2n) is 8.05. The van der Waals surface area contributed by atoms with Crippen LogP contribution in [0.3, 0.4) is 0 Å². The number of unbranched alkanes of at least 4 members (excludes halogenated alkanes) is 1. The second kappa shape index (κ2) is 10.2. The van der Waals surface area contributed by atoms with Crippen molar-refractivity contribution in [1.82, 2.24) is 9.55 Å². The van der Waals surface area contributed by atoms with Crippen LogP contribution in [-0.2, 0) is 13.2 Å². The number of hydrogen-bond acceptors (Lipinski definition) is 3. The van der Waals surface area contributed by atoms with Gasteiger partial charge in [-0.25, -0.2) is 4.98 Å². The molecule has 0 saturated carbocycles. The standard InChI is InChI=1S/C27H30N2O2/c1-21(2)22-14-16-24(17-15-22)30-19-9-8-18-29-26-13-7-6-12-25(26)28-27(29)20-31-23-10-4-3-5-11-23/h3-7,10-17,21H,8-9,18-20H2,1-2H3. The number of benzene rings is 3. The van der Waals surface area contributed by atoms with Crippen LogP contribution in [0.2, 0.25) is 0 Å². The molecule has 0 aliphatic heterocycles. The number of imidazole rings is 1. The Hall–Kier alpha value is -3.27. The van der Waals surface area contributed by atoms with Crippen molar-refractivity contribution in [2.45, 2.75) is 45.8 Å². The molecule has 31 heavy (non-hydrogen) atoms. The first-order valence-electron chi connectivity index (χ1n) is 11.1. The Labute approximate surface area is 184 Å². The second-order valence-corrected chi connectivity index (χ2v) is 8.05.